The van der Waals surface area contributed by atoms with Crippen LogP contribution in [-0.2, 0) is 15.7 Å². The van der Waals surface area contributed by atoms with Gasteiger partial charge in [0.05, 0.1) is 17.6 Å². The summed E-state index contributed by atoms with van der Waals surface area (Å²) in [4.78, 5) is 11.7. The summed E-state index contributed by atoms with van der Waals surface area (Å²) in [6, 6.07) is 15.6. The first-order valence-corrected chi connectivity index (χ1v) is 10.4. The molecule has 6 heteroatoms. The Bertz CT molecular complexity index is 820. The molecule has 1 aliphatic rings. The molecular weight excluding hydrogens is 360 g/mol. The predicted octanol–water partition coefficient (Wildman–Crippen LogP) is 2.99. The molecule has 3 atom stereocenters. The van der Waals surface area contributed by atoms with Gasteiger partial charge < -0.3 is 10.5 Å². The normalized spacial score (nSPS) is 21.1. The lowest BCUT2D eigenvalue weighted by atomic mass is 9.87. The van der Waals surface area contributed by atoms with Crippen molar-refractivity contribution in [3.8, 4) is 11.1 Å². The number of hydrogen-bond donors (Lipinski definition) is 2. The lowest BCUT2D eigenvalue weighted by molar-refractivity contribution is 0.0649. The van der Waals surface area contributed by atoms with Gasteiger partial charge in [0.25, 0.3) is 0 Å². The molecule has 0 radical (unpaired) electrons. The van der Waals surface area contributed by atoms with Gasteiger partial charge in [0, 0.05) is 29.4 Å². The highest BCUT2D eigenvalue weighted by molar-refractivity contribution is 7.83. The van der Waals surface area contributed by atoms with Crippen LogP contribution in [0.1, 0.15) is 42.1 Å². The largest absolute Gasteiger partial charge is 0.380 e. The van der Waals surface area contributed by atoms with Gasteiger partial charge in [-0.15, -0.1) is 0 Å². The molecule has 2 aromatic carbocycles. The SMILES string of the molecule is CC(C)S(=O)NC1COCCC1c1ccc(-c2ccccc2C(N)=O)cc1. The van der Waals surface area contributed by atoms with Crippen LogP contribution in [0.3, 0.4) is 0 Å². The van der Waals surface area contributed by atoms with E-state index in [2.05, 4.69) is 16.9 Å². The first-order valence-electron chi connectivity index (χ1n) is 9.21. The van der Waals surface area contributed by atoms with Gasteiger partial charge in [-0.3, -0.25) is 4.79 Å². The summed E-state index contributed by atoms with van der Waals surface area (Å²) in [5, 5.41) is 0.0558. The fourth-order valence-electron chi connectivity index (χ4n) is 3.40. The van der Waals surface area contributed by atoms with Crippen LogP contribution in [0.15, 0.2) is 48.5 Å². The van der Waals surface area contributed by atoms with Gasteiger partial charge in [-0.05, 0) is 43.0 Å². The molecule has 1 fully saturated rings. The van der Waals surface area contributed by atoms with Crippen LogP contribution in [0.25, 0.3) is 11.1 Å². The Morgan fingerprint density at radius 1 is 1.19 bits per heavy atom. The number of carbonyl (C=O) groups excluding carboxylic acids is 1. The van der Waals surface area contributed by atoms with E-state index in [-0.39, 0.29) is 17.2 Å². The van der Waals surface area contributed by atoms with Crippen LogP contribution in [0.2, 0.25) is 0 Å². The summed E-state index contributed by atoms with van der Waals surface area (Å²) >= 11 is 0. The minimum absolute atomic E-state index is 0.0192. The van der Waals surface area contributed by atoms with E-state index < -0.39 is 16.9 Å². The Hall–Kier alpha value is -2.02. The third-order valence-electron chi connectivity index (χ3n) is 4.89. The molecule has 1 saturated heterocycles. The van der Waals surface area contributed by atoms with Crippen molar-refractivity contribution in [1.29, 1.82) is 0 Å². The van der Waals surface area contributed by atoms with Crippen LogP contribution < -0.4 is 10.5 Å². The third-order valence-corrected chi connectivity index (χ3v) is 6.29. The molecule has 1 amide bonds. The van der Waals surface area contributed by atoms with E-state index >= 15 is 0 Å². The van der Waals surface area contributed by atoms with Crippen molar-refractivity contribution >= 4 is 16.9 Å². The topological polar surface area (TPSA) is 81.4 Å². The Kier molecular flexibility index (Phi) is 6.42. The van der Waals surface area contributed by atoms with E-state index in [0.717, 1.165) is 17.5 Å². The van der Waals surface area contributed by atoms with Crippen molar-refractivity contribution in [3.63, 3.8) is 0 Å². The molecule has 1 heterocycles. The molecular formula is C21H26N2O3S. The van der Waals surface area contributed by atoms with Crippen molar-refractivity contribution in [2.24, 2.45) is 5.73 Å². The van der Waals surface area contributed by atoms with Crippen molar-refractivity contribution in [1.82, 2.24) is 4.72 Å². The van der Waals surface area contributed by atoms with Crippen molar-refractivity contribution < 1.29 is 13.7 Å². The van der Waals surface area contributed by atoms with E-state index in [9.17, 15) is 9.00 Å². The number of rotatable bonds is 6. The van der Waals surface area contributed by atoms with Crippen LogP contribution in [0.5, 0.6) is 0 Å². The van der Waals surface area contributed by atoms with Gasteiger partial charge in [-0.25, -0.2) is 8.93 Å². The van der Waals surface area contributed by atoms with Gasteiger partial charge in [0.2, 0.25) is 5.91 Å². The molecule has 0 aliphatic carbocycles. The highest BCUT2D eigenvalue weighted by Crippen LogP contribution is 2.30. The number of amides is 1. The van der Waals surface area contributed by atoms with Gasteiger partial charge >= 0.3 is 0 Å². The summed E-state index contributed by atoms with van der Waals surface area (Å²) in [5.74, 6) is -0.193. The minimum Gasteiger partial charge on any atom is -0.380 e. The molecule has 0 spiro atoms. The molecule has 0 aromatic heterocycles. The molecule has 2 aromatic rings. The number of nitrogens with one attached hydrogen (secondary N) is 1. The molecule has 3 N–H and O–H groups in total. The van der Waals surface area contributed by atoms with Gasteiger partial charge in [0.1, 0.15) is 0 Å². The van der Waals surface area contributed by atoms with Crippen molar-refractivity contribution in [3.05, 3.63) is 59.7 Å². The Labute approximate surface area is 162 Å². The zero-order valence-corrected chi connectivity index (χ0v) is 16.5. The van der Waals surface area contributed by atoms with Crippen LogP contribution >= 0.6 is 0 Å². The second-order valence-electron chi connectivity index (χ2n) is 7.07. The Balaban J connectivity index is 1.84. The van der Waals surface area contributed by atoms with Crippen LogP contribution in [-0.4, -0.2) is 34.6 Å². The molecule has 3 unspecified atom stereocenters. The second-order valence-corrected chi connectivity index (χ2v) is 8.85. The molecule has 0 saturated carbocycles. The van der Waals surface area contributed by atoms with Gasteiger partial charge in [-0.1, -0.05) is 42.5 Å². The fourth-order valence-corrected chi connectivity index (χ4v) is 4.20. The summed E-state index contributed by atoms with van der Waals surface area (Å²) in [6.45, 7) is 5.12. The third kappa shape index (κ3) is 4.64. The van der Waals surface area contributed by atoms with E-state index in [1.807, 2.05) is 44.2 Å². The summed E-state index contributed by atoms with van der Waals surface area (Å²) in [7, 11) is -1.09. The summed E-state index contributed by atoms with van der Waals surface area (Å²) in [6.07, 6.45) is 0.879. The molecule has 0 bridgehead atoms. The minimum atomic E-state index is -1.09. The lowest BCUT2D eigenvalue weighted by Crippen LogP contribution is -2.44. The average Bonchev–Trinajstić information content (AvgIpc) is 2.68. The Morgan fingerprint density at radius 3 is 2.56 bits per heavy atom. The Morgan fingerprint density at radius 2 is 1.89 bits per heavy atom. The maximum Gasteiger partial charge on any atom is 0.249 e. The van der Waals surface area contributed by atoms with Gasteiger partial charge in [-0.2, -0.15) is 0 Å². The highest BCUT2D eigenvalue weighted by Gasteiger charge is 2.29. The molecule has 5 nitrogen and oxygen atoms in total. The average molecular weight is 387 g/mol. The number of benzene rings is 2. The van der Waals surface area contributed by atoms with Crippen molar-refractivity contribution in [2.45, 2.75) is 37.5 Å². The molecule has 144 valence electrons. The number of nitrogens with two attached hydrogens (primary N) is 1. The monoisotopic (exact) mass is 386 g/mol. The highest BCUT2D eigenvalue weighted by atomic mass is 32.2. The van der Waals surface area contributed by atoms with Crippen LogP contribution in [0, 0.1) is 0 Å². The summed E-state index contributed by atoms with van der Waals surface area (Å²) < 4.78 is 21.1. The predicted molar refractivity (Wildman–Crippen MR) is 109 cm³/mol. The smallest absolute Gasteiger partial charge is 0.249 e. The van der Waals surface area contributed by atoms with Crippen molar-refractivity contribution in [2.75, 3.05) is 13.2 Å². The number of carbonyl (C=O) groups is 1. The fraction of sp³-hybridized carbons (Fsp3) is 0.381. The van der Waals surface area contributed by atoms with E-state index in [1.165, 1.54) is 5.56 Å². The van der Waals surface area contributed by atoms with Gasteiger partial charge in [0.15, 0.2) is 0 Å². The molecule has 3 rings (SSSR count). The lowest BCUT2D eigenvalue weighted by Gasteiger charge is -2.32. The van der Waals surface area contributed by atoms with Crippen LogP contribution in [0.4, 0.5) is 0 Å². The summed E-state index contributed by atoms with van der Waals surface area (Å²) in [5.41, 5.74) is 8.98. The second kappa shape index (κ2) is 8.78. The zero-order valence-electron chi connectivity index (χ0n) is 15.7. The quantitative estimate of drug-likeness (QED) is 0.801. The van der Waals surface area contributed by atoms with E-state index in [1.54, 1.807) is 6.07 Å². The van der Waals surface area contributed by atoms with E-state index in [0.29, 0.717) is 18.8 Å². The number of hydrogen-bond acceptors (Lipinski definition) is 3. The maximum atomic E-state index is 12.2. The molecule has 27 heavy (non-hydrogen) atoms. The first kappa shape index (κ1) is 19.7. The number of ether oxygens (including phenoxy) is 1. The first-order chi connectivity index (χ1) is 13.0. The number of primary amides is 1. The maximum absolute atomic E-state index is 12.2. The van der Waals surface area contributed by atoms with E-state index in [4.69, 9.17) is 10.5 Å². The standard InChI is InChI=1S/C21H26N2O3S/c1-14(2)27(25)23-20-13-26-12-11-18(20)16-9-7-15(8-10-16)17-5-3-4-6-19(17)21(22)24/h3-10,14,18,20,23H,11-13H2,1-2H3,(H2,22,24). The molecule has 1 aliphatic heterocycles. The zero-order chi connectivity index (χ0) is 19.4.